The largest absolute Gasteiger partial charge is 0.385 e. The Hall–Kier alpha value is -0.0200. The molecule has 0 aromatic heterocycles. The van der Waals surface area contributed by atoms with Gasteiger partial charge in [0.25, 0.3) is 0 Å². The summed E-state index contributed by atoms with van der Waals surface area (Å²) in [4.78, 5) is 0. The zero-order valence-electron chi connectivity index (χ0n) is 3.89. The monoisotopic (exact) mass is 133 g/mol. The molecule has 1 nitrogen and oxygen atoms in total. The maximum Gasteiger partial charge on any atom is 0.131 e. The van der Waals surface area contributed by atoms with E-state index in [2.05, 4.69) is 18.8 Å². The number of rotatable bonds is 2. The summed E-state index contributed by atoms with van der Waals surface area (Å²) in [6, 6.07) is 0. The average molecular weight is 133 g/mol. The van der Waals surface area contributed by atoms with Crippen LogP contribution < -0.4 is 5.73 Å². The van der Waals surface area contributed by atoms with Gasteiger partial charge >= 0.3 is 0 Å². The van der Waals surface area contributed by atoms with Crippen LogP contribution in [0.5, 0.6) is 0 Å². The van der Waals surface area contributed by atoms with Gasteiger partial charge in [0.2, 0.25) is 0 Å². The number of thioether (sulfide) groups is 1. The lowest BCUT2D eigenvalue weighted by atomic mass is 10.8. The standard InChI is InChI=1S/C4H7NS2/c1-2-3-7-4(5)6/h2H,1,3H2,(H2,5,6). The summed E-state index contributed by atoms with van der Waals surface area (Å²) in [5, 5.41) is 0. The quantitative estimate of drug-likeness (QED) is 0.452. The van der Waals surface area contributed by atoms with E-state index in [1.165, 1.54) is 11.8 Å². The van der Waals surface area contributed by atoms with Gasteiger partial charge in [0.1, 0.15) is 4.32 Å². The molecule has 0 radical (unpaired) electrons. The van der Waals surface area contributed by atoms with Gasteiger partial charge in [-0.25, -0.2) is 0 Å². The second-order valence-corrected chi connectivity index (χ2v) is 2.68. The number of hydrogen-bond donors (Lipinski definition) is 1. The zero-order chi connectivity index (χ0) is 5.70. The molecule has 0 heterocycles. The van der Waals surface area contributed by atoms with Crippen LogP contribution in [0.25, 0.3) is 0 Å². The van der Waals surface area contributed by atoms with Gasteiger partial charge in [-0.3, -0.25) is 0 Å². The minimum absolute atomic E-state index is 0.486. The summed E-state index contributed by atoms with van der Waals surface area (Å²) in [6.07, 6.45) is 1.77. The molecule has 0 spiro atoms. The Bertz CT molecular complexity index is 79.8. The Morgan fingerprint density at radius 1 is 2.00 bits per heavy atom. The SMILES string of the molecule is C=CCSC(N)=S. The lowest BCUT2D eigenvalue weighted by molar-refractivity contribution is 1.82. The van der Waals surface area contributed by atoms with Crippen LogP contribution in [-0.2, 0) is 0 Å². The highest BCUT2D eigenvalue weighted by atomic mass is 32.2. The molecule has 2 N–H and O–H groups in total. The highest BCUT2D eigenvalue weighted by Crippen LogP contribution is 1.97. The van der Waals surface area contributed by atoms with E-state index in [1.54, 1.807) is 6.08 Å². The maximum absolute atomic E-state index is 5.13. The van der Waals surface area contributed by atoms with Crippen LogP contribution in [0.3, 0.4) is 0 Å². The topological polar surface area (TPSA) is 26.0 Å². The molecular weight excluding hydrogens is 126 g/mol. The number of hydrogen-bond acceptors (Lipinski definition) is 2. The van der Waals surface area contributed by atoms with Gasteiger partial charge in [-0.1, -0.05) is 30.1 Å². The molecule has 0 saturated carbocycles. The molecule has 0 rings (SSSR count). The second-order valence-electron chi connectivity index (χ2n) is 0.919. The van der Waals surface area contributed by atoms with Crippen molar-refractivity contribution in [3.8, 4) is 0 Å². The first-order chi connectivity index (χ1) is 3.27. The zero-order valence-corrected chi connectivity index (χ0v) is 5.52. The number of nitrogens with two attached hydrogens (primary N) is 1. The van der Waals surface area contributed by atoms with E-state index in [1.807, 2.05) is 0 Å². The minimum atomic E-state index is 0.486. The van der Waals surface area contributed by atoms with Crippen molar-refractivity contribution in [3.05, 3.63) is 12.7 Å². The molecular formula is C4H7NS2. The predicted molar refractivity (Wildman–Crippen MR) is 39.4 cm³/mol. The molecule has 40 valence electrons. The van der Waals surface area contributed by atoms with Crippen LogP contribution in [0.4, 0.5) is 0 Å². The highest BCUT2D eigenvalue weighted by molar-refractivity contribution is 8.23. The van der Waals surface area contributed by atoms with Crippen molar-refractivity contribution >= 4 is 28.3 Å². The molecule has 0 aliphatic rings. The van der Waals surface area contributed by atoms with Crippen LogP contribution in [0, 0.1) is 0 Å². The van der Waals surface area contributed by atoms with E-state index in [4.69, 9.17) is 5.73 Å². The highest BCUT2D eigenvalue weighted by Gasteiger charge is 1.81. The molecule has 0 aromatic rings. The average Bonchev–Trinajstić information content (AvgIpc) is 1.61. The molecule has 0 atom stereocenters. The smallest absolute Gasteiger partial charge is 0.131 e. The van der Waals surface area contributed by atoms with Gasteiger partial charge in [-0.05, 0) is 0 Å². The van der Waals surface area contributed by atoms with Crippen molar-refractivity contribution in [2.45, 2.75) is 0 Å². The van der Waals surface area contributed by atoms with Crippen LogP contribution in [0.15, 0.2) is 12.7 Å². The van der Waals surface area contributed by atoms with Gasteiger partial charge in [-0.2, -0.15) is 0 Å². The van der Waals surface area contributed by atoms with Crippen molar-refractivity contribution < 1.29 is 0 Å². The van der Waals surface area contributed by atoms with Gasteiger partial charge in [0.05, 0.1) is 0 Å². The van der Waals surface area contributed by atoms with Crippen LogP contribution in [0.1, 0.15) is 0 Å². The summed E-state index contributed by atoms with van der Waals surface area (Å²) < 4.78 is 0.486. The molecule has 7 heavy (non-hydrogen) atoms. The van der Waals surface area contributed by atoms with E-state index in [0.29, 0.717) is 4.32 Å². The molecule has 0 aliphatic heterocycles. The summed E-state index contributed by atoms with van der Waals surface area (Å²) in [5.41, 5.74) is 5.13. The maximum atomic E-state index is 5.13. The molecule has 0 aliphatic carbocycles. The second kappa shape index (κ2) is 4.15. The Morgan fingerprint density at radius 3 is 2.71 bits per heavy atom. The van der Waals surface area contributed by atoms with Crippen molar-refractivity contribution in [2.24, 2.45) is 5.73 Å². The summed E-state index contributed by atoms with van der Waals surface area (Å²) >= 11 is 5.98. The third-order valence-electron chi connectivity index (χ3n) is 0.343. The lowest BCUT2D eigenvalue weighted by Crippen LogP contribution is -2.01. The van der Waals surface area contributed by atoms with Gasteiger partial charge in [-0.15, -0.1) is 6.58 Å². The third kappa shape index (κ3) is 5.98. The molecule has 0 unspecified atom stereocenters. The van der Waals surface area contributed by atoms with E-state index >= 15 is 0 Å². The minimum Gasteiger partial charge on any atom is -0.385 e. The molecule has 0 saturated heterocycles. The fourth-order valence-electron chi connectivity index (χ4n) is 0.141. The Labute approximate surface area is 53.0 Å². The van der Waals surface area contributed by atoms with E-state index in [-0.39, 0.29) is 0 Å². The summed E-state index contributed by atoms with van der Waals surface area (Å²) in [5.74, 6) is 0.815. The Morgan fingerprint density at radius 2 is 2.57 bits per heavy atom. The molecule has 0 bridgehead atoms. The van der Waals surface area contributed by atoms with Crippen molar-refractivity contribution in [1.29, 1.82) is 0 Å². The molecule has 0 aromatic carbocycles. The Kier molecular flexibility index (Phi) is 4.14. The normalized spacial score (nSPS) is 8.00. The van der Waals surface area contributed by atoms with Gasteiger partial charge in [0.15, 0.2) is 0 Å². The number of thiocarbonyl (C=S) groups is 1. The first-order valence-corrected chi connectivity index (χ1v) is 3.20. The van der Waals surface area contributed by atoms with Gasteiger partial charge in [0, 0.05) is 5.75 Å². The van der Waals surface area contributed by atoms with Crippen molar-refractivity contribution in [3.63, 3.8) is 0 Å². The van der Waals surface area contributed by atoms with E-state index < -0.39 is 0 Å². The summed E-state index contributed by atoms with van der Waals surface area (Å²) in [7, 11) is 0. The van der Waals surface area contributed by atoms with Gasteiger partial charge < -0.3 is 5.73 Å². The fraction of sp³-hybridized carbons (Fsp3) is 0.250. The third-order valence-corrected chi connectivity index (χ3v) is 1.38. The van der Waals surface area contributed by atoms with Crippen LogP contribution in [0.2, 0.25) is 0 Å². The molecule has 0 fully saturated rings. The first kappa shape index (κ1) is 6.98. The summed E-state index contributed by atoms with van der Waals surface area (Å²) in [6.45, 7) is 3.50. The van der Waals surface area contributed by atoms with Crippen molar-refractivity contribution in [2.75, 3.05) is 5.75 Å². The van der Waals surface area contributed by atoms with Crippen LogP contribution in [-0.4, -0.2) is 10.1 Å². The van der Waals surface area contributed by atoms with Crippen LogP contribution >= 0.6 is 24.0 Å². The first-order valence-electron chi connectivity index (χ1n) is 1.80. The fourth-order valence-corrected chi connectivity index (χ4v) is 0.627. The molecule has 0 amide bonds. The lowest BCUT2D eigenvalue weighted by Gasteiger charge is -1.87. The Balaban J connectivity index is 2.97. The van der Waals surface area contributed by atoms with E-state index in [0.717, 1.165) is 5.75 Å². The van der Waals surface area contributed by atoms with E-state index in [9.17, 15) is 0 Å². The predicted octanol–water partition coefficient (Wildman–Crippen LogP) is 1.15. The van der Waals surface area contributed by atoms with Crippen molar-refractivity contribution in [1.82, 2.24) is 0 Å². The molecule has 3 heteroatoms.